The first-order chi connectivity index (χ1) is 8.24. The molecule has 0 saturated heterocycles. The second-order valence-corrected chi connectivity index (χ2v) is 4.33. The lowest BCUT2D eigenvalue weighted by atomic mass is 10.3. The summed E-state index contributed by atoms with van der Waals surface area (Å²) < 4.78 is 0. The number of nitrogens with zero attached hydrogens (tertiary/aromatic N) is 1. The summed E-state index contributed by atoms with van der Waals surface area (Å²) in [6, 6.07) is 6.76. The molecule has 6 heteroatoms. The molecular weight excluding hydrogens is 236 g/mol. The molecule has 0 bridgehead atoms. The third-order valence-corrected chi connectivity index (χ3v) is 2.86. The SMILES string of the molecule is NC(=O)Nc1ccc(NCc2nccs2)cc1. The van der Waals surface area contributed by atoms with E-state index in [0.29, 0.717) is 12.2 Å². The minimum absolute atomic E-state index is 0.562. The zero-order valence-electron chi connectivity index (χ0n) is 9.01. The van der Waals surface area contributed by atoms with Crippen LogP contribution in [0, 0.1) is 0 Å². The number of anilines is 2. The Balaban J connectivity index is 1.91. The molecule has 4 N–H and O–H groups in total. The van der Waals surface area contributed by atoms with E-state index in [1.54, 1.807) is 29.7 Å². The van der Waals surface area contributed by atoms with Crippen molar-refractivity contribution in [3.8, 4) is 0 Å². The lowest BCUT2D eigenvalue weighted by molar-refractivity contribution is 0.259. The van der Waals surface area contributed by atoms with Gasteiger partial charge >= 0.3 is 6.03 Å². The molecule has 2 amide bonds. The molecule has 88 valence electrons. The van der Waals surface area contributed by atoms with Crippen molar-refractivity contribution in [3.05, 3.63) is 40.8 Å². The Kier molecular flexibility index (Phi) is 3.56. The van der Waals surface area contributed by atoms with Gasteiger partial charge in [0.2, 0.25) is 0 Å². The monoisotopic (exact) mass is 248 g/mol. The predicted molar refractivity (Wildman–Crippen MR) is 69.1 cm³/mol. The molecule has 1 heterocycles. The lowest BCUT2D eigenvalue weighted by Crippen LogP contribution is -2.19. The van der Waals surface area contributed by atoms with Gasteiger partial charge in [0.1, 0.15) is 5.01 Å². The van der Waals surface area contributed by atoms with E-state index in [0.717, 1.165) is 10.7 Å². The Labute approximate surface area is 103 Å². The smallest absolute Gasteiger partial charge is 0.316 e. The average Bonchev–Trinajstić information content (AvgIpc) is 2.80. The molecule has 1 aromatic heterocycles. The van der Waals surface area contributed by atoms with Crippen LogP contribution in [-0.2, 0) is 6.54 Å². The van der Waals surface area contributed by atoms with Crippen molar-refractivity contribution in [2.75, 3.05) is 10.6 Å². The van der Waals surface area contributed by atoms with Gasteiger partial charge in [0, 0.05) is 23.0 Å². The van der Waals surface area contributed by atoms with Crippen LogP contribution in [0.15, 0.2) is 35.8 Å². The maximum Gasteiger partial charge on any atom is 0.316 e. The fourth-order valence-corrected chi connectivity index (χ4v) is 1.89. The highest BCUT2D eigenvalue weighted by Crippen LogP contribution is 2.14. The van der Waals surface area contributed by atoms with Crippen LogP contribution >= 0.6 is 11.3 Å². The van der Waals surface area contributed by atoms with Gasteiger partial charge in [-0.25, -0.2) is 9.78 Å². The summed E-state index contributed by atoms with van der Waals surface area (Å²) in [6.07, 6.45) is 1.78. The maximum atomic E-state index is 10.6. The molecule has 17 heavy (non-hydrogen) atoms. The fourth-order valence-electron chi connectivity index (χ4n) is 1.33. The number of primary amides is 1. The Morgan fingerprint density at radius 2 is 2.00 bits per heavy atom. The van der Waals surface area contributed by atoms with Crippen LogP contribution in [0.5, 0.6) is 0 Å². The summed E-state index contributed by atoms with van der Waals surface area (Å²) in [6.45, 7) is 0.695. The number of carbonyl (C=O) groups is 1. The molecule has 0 spiro atoms. The summed E-state index contributed by atoms with van der Waals surface area (Å²) in [4.78, 5) is 14.8. The minimum Gasteiger partial charge on any atom is -0.379 e. The van der Waals surface area contributed by atoms with E-state index in [1.165, 1.54) is 0 Å². The van der Waals surface area contributed by atoms with E-state index in [9.17, 15) is 4.79 Å². The molecule has 0 atom stereocenters. The van der Waals surface area contributed by atoms with E-state index >= 15 is 0 Å². The second-order valence-electron chi connectivity index (χ2n) is 3.35. The quantitative estimate of drug-likeness (QED) is 0.776. The van der Waals surface area contributed by atoms with E-state index in [1.807, 2.05) is 17.5 Å². The molecule has 0 saturated carbocycles. The number of nitrogens with two attached hydrogens (primary N) is 1. The number of hydrogen-bond donors (Lipinski definition) is 3. The van der Waals surface area contributed by atoms with E-state index in [2.05, 4.69) is 15.6 Å². The Morgan fingerprint density at radius 3 is 2.59 bits per heavy atom. The van der Waals surface area contributed by atoms with Crippen molar-refractivity contribution >= 4 is 28.7 Å². The summed E-state index contributed by atoms with van der Waals surface area (Å²) in [5, 5.41) is 8.71. The topological polar surface area (TPSA) is 80.0 Å². The standard InChI is InChI=1S/C11H12N4OS/c12-11(16)15-9-3-1-8(2-4-9)14-7-10-13-5-6-17-10/h1-6,14H,7H2,(H3,12,15,16). The first-order valence-electron chi connectivity index (χ1n) is 5.03. The fraction of sp³-hybridized carbons (Fsp3) is 0.0909. The number of carbonyl (C=O) groups excluding carboxylic acids is 1. The Hall–Kier alpha value is -2.08. The average molecular weight is 248 g/mol. The van der Waals surface area contributed by atoms with Crippen LogP contribution in [0.25, 0.3) is 0 Å². The number of hydrogen-bond acceptors (Lipinski definition) is 4. The van der Waals surface area contributed by atoms with E-state index in [-0.39, 0.29) is 0 Å². The minimum atomic E-state index is -0.562. The molecule has 0 fully saturated rings. The van der Waals surface area contributed by atoms with Crippen LogP contribution in [0.2, 0.25) is 0 Å². The third kappa shape index (κ3) is 3.46. The summed E-state index contributed by atoms with van der Waals surface area (Å²) >= 11 is 1.61. The molecule has 2 rings (SSSR count). The second kappa shape index (κ2) is 5.31. The van der Waals surface area contributed by atoms with Gasteiger partial charge in [0.15, 0.2) is 0 Å². The van der Waals surface area contributed by atoms with Crippen LogP contribution in [-0.4, -0.2) is 11.0 Å². The van der Waals surface area contributed by atoms with Gasteiger partial charge < -0.3 is 16.4 Å². The van der Waals surface area contributed by atoms with E-state index < -0.39 is 6.03 Å². The maximum absolute atomic E-state index is 10.6. The van der Waals surface area contributed by atoms with E-state index in [4.69, 9.17) is 5.73 Å². The van der Waals surface area contributed by atoms with Crippen molar-refractivity contribution in [2.24, 2.45) is 5.73 Å². The molecule has 0 unspecified atom stereocenters. The number of amides is 2. The van der Waals surface area contributed by atoms with Gasteiger partial charge in [-0.15, -0.1) is 11.3 Å². The number of nitrogens with one attached hydrogen (secondary N) is 2. The lowest BCUT2D eigenvalue weighted by Gasteiger charge is -2.06. The van der Waals surface area contributed by atoms with Gasteiger partial charge in [-0.2, -0.15) is 0 Å². The molecule has 0 aliphatic rings. The number of rotatable bonds is 4. The van der Waals surface area contributed by atoms with Gasteiger partial charge in [-0.05, 0) is 24.3 Å². The van der Waals surface area contributed by atoms with Gasteiger partial charge in [0.05, 0.1) is 6.54 Å². The van der Waals surface area contributed by atoms with Crippen molar-refractivity contribution < 1.29 is 4.79 Å². The summed E-state index contributed by atoms with van der Waals surface area (Å²) in [7, 11) is 0. The molecule has 5 nitrogen and oxygen atoms in total. The predicted octanol–water partition coefficient (Wildman–Crippen LogP) is 2.25. The molecule has 2 aromatic rings. The van der Waals surface area contributed by atoms with Crippen molar-refractivity contribution in [3.63, 3.8) is 0 Å². The zero-order valence-corrected chi connectivity index (χ0v) is 9.83. The number of urea groups is 1. The Bertz CT molecular complexity index is 481. The van der Waals surface area contributed by atoms with Gasteiger partial charge in [-0.3, -0.25) is 0 Å². The summed E-state index contributed by atoms with van der Waals surface area (Å²) in [5.74, 6) is 0. The first-order valence-corrected chi connectivity index (χ1v) is 5.91. The molecule has 0 aliphatic heterocycles. The number of benzene rings is 1. The normalized spacial score (nSPS) is 9.88. The highest BCUT2D eigenvalue weighted by molar-refractivity contribution is 7.09. The Morgan fingerprint density at radius 1 is 1.29 bits per heavy atom. The number of aromatic nitrogens is 1. The van der Waals surface area contributed by atoms with Crippen molar-refractivity contribution in [2.45, 2.75) is 6.54 Å². The summed E-state index contributed by atoms with van der Waals surface area (Å²) in [5.41, 5.74) is 6.66. The van der Waals surface area contributed by atoms with Crippen LogP contribution in [0.3, 0.4) is 0 Å². The van der Waals surface area contributed by atoms with Crippen LogP contribution < -0.4 is 16.4 Å². The molecule has 1 aromatic carbocycles. The van der Waals surface area contributed by atoms with Gasteiger partial charge in [0.25, 0.3) is 0 Å². The van der Waals surface area contributed by atoms with Crippen LogP contribution in [0.1, 0.15) is 5.01 Å². The molecule has 0 aliphatic carbocycles. The van der Waals surface area contributed by atoms with Crippen LogP contribution in [0.4, 0.5) is 16.2 Å². The molecular formula is C11H12N4OS. The third-order valence-electron chi connectivity index (χ3n) is 2.08. The van der Waals surface area contributed by atoms with Crippen molar-refractivity contribution in [1.29, 1.82) is 0 Å². The largest absolute Gasteiger partial charge is 0.379 e. The number of thiazole rings is 1. The zero-order chi connectivity index (χ0) is 12.1. The van der Waals surface area contributed by atoms with Crippen molar-refractivity contribution in [1.82, 2.24) is 4.98 Å². The first kappa shape index (κ1) is 11.4. The van der Waals surface area contributed by atoms with Gasteiger partial charge in [-0.1, -0.05) is 0 Å². The molecule has 0 radical (unpaired) electrons. The highest BCUT2D eigenvalue weighted by atomic mass is 32.1. The highest BCUT2D eigenvalue weighted by Gasteiger charge is 1.98.